The molecule has 96 valence electrons. The van der Waals surface area contributed by atoms with Crippen LogP contribution in [0.2, 0.25) is 0 Å². The molecule has 1 heterocycles. The topological polar surface area (TPSA) is 31.2 Å². The van der Waals surface area contributed by atoms with E-state index in [4.69, 9.17) is 4.74 Å². The van der Waals surface area contributed by atoms with Crippen LogP contribution < -0.4 is 0 Å². The minimum absolute atomic E-state index is 0.272. The third-order valence-corrected chi connectivity index (χ3v) is 2.92. The molecule has 0 amide bonds. The molecule has 1 aromatic carbocycles. The summed E-state index contributed by atoms with van der Waals surface area (Å²) >= 11 is 0. The van der Waals surface area contributed by atoms with Gasteiger partial charge in [-0.3, -0.25) is 0 Å². The molecule has 2 rings (SSSR count). The van der Waals surface area contributed by atoms with Crippen LogP contribution in [-0.4, -0.2) is 16.1 Å². The highest BCUT2D eigenvalue weighted by Gasteiger charge is 2.18. The van der Waals surface area contributed by atoms with Gasteiger partial charge in [0.05, 0.1) is 5.56 Å². The number of hydrogen-bond acceptors (Lipinski definition) is 2. The first-order valence-corrected chi connectivity index (χ1v) is 6.07. The van der Waals surface area contributed by atoms with Crippen molar-refractivity contribution >= 4 is 16.9 Å². The molecule has 0 radical (unpaired) electrons. The van der Waals surface area contributed by atoms with Gasteiger partial charge < -0.3 is 9.30 Å². The SMILES string of the molecule is Cc1cc2cc(C(=O)OC(C)(C)C)ccc2n1C. The molecule has 0 aliphatic heterocycles. The predicted octanol–water partition coefficient (Wildman–Crippen LogP) is 3.44. The van der Waals surface area contributed by atoms with E-state index in [1.54, 1.807) is 0 Å². The number of ether oxygens (including phenoxy) is 1. The standard InChI is InChI=1S/C15H19NO2/c1-10-8-12-9-11(6-7-13(12)16(10)5)14(17)18-15(2,3)4/h6-9H,1-5H3. The van der Waals surface area contributed by atoms with Crippen molar-refractivity contribution in [2.75, 3.05) is 0 Å². The second kappa shape index (κ2) is 4.16. The Morgan fingerprint density at radius 1 is 1.22 bits per heavy atom. The van der Waals surface area contributed by atoms with Gasteiger partial charge in [0.15, 0.2) is 0 Å². The van der Waals surface area contributed by atoms with Crippen LogP contribution in [0.5, 0.6) is 0 Å². The fraction of sp³-hybridized carbons (Fsp3) is 0.400. The van der Waals surface area contributed by atoms with E-state index in [0.717, 1.165) is 10.9 Å². The van der Waals surface area contributed by atoms with Crippen LogP contribution in [-0.2, 0) is 11.8 Å². The molecule has 0 unspecified atom stereocenters. The zero-order valence-electron chi connectivity index (χ0n) is 11.6. The van der Waals surface area contributed by atoms with Gasteiger partial charge in [-0.1, -0.05) is 0 Å². The quantitative estimate of drug-likeness (QED) is 0.721. The maximum Gasteiger partial charge on any atom is 0.338 e. The maximum atomic E-state index is 12.0. The van der Waals surface area contributed by atoms with E-state index >= 15 is 0 Å². The molecule has 0 aliphatic carbocycles. The van der Waals surface area contributed by atoms with E-state index < -0.39 is 5.60 Å². The monoisotopic (exact) mass is 245 g/mol. The Kier molecular flexibility index (Phi) is 2.93. The van der Waals surface area contributed by atoms with Crippen LogP contribution in [0.4, 0.5) is 0 Å². The van der Waals surface area contributed by atoms with Crippen LogP contribution in [0, 0.1) is 6.92 Å². The fourth-order valence-electron chi connectivity index (χ4n) is 1.95. The van der Waals surface area contributed by atoms with Gasteiger partial charge in [0.2, 0.25) is 0 Å². The van der Waals surface area contributed by atoms with Crippen LogP contribution in [0.15, 0.2) is 24.3 Å². The molecule has 18 heavy (non-hydrogen) atoms. The normalized spacial score (nSPS) is 11.8. The fourth-order valence-corrected chi connectivity index (χ4v) is 1.95. The van der Waals surface area contributed by atoms with Gasteiger partial charge >= 0.3 is 5.97 Å². The van der Waals surface area contributed by atoms with Gasteiger partial charge in [0.25, 0.3) is 0 Å². The highest BCUT2D eigenvalue weighted by Crippen LogP contribution is 2.21. The van der Waals surface area contributed by atoms with Gasteiger partial charge in [0.1, 0.15) is 5.60 Å². The van der Waals surface area contributed by atoms with Gasteiger partial charge in [-0.15, -0.1) is 0 Å². The largest absolute Gasteiger partial charge is 0.456 e. The Labute approximate surface area is 107 Å². The minimum atomic E-state index is -0.460. The van der Waals surface area contributed by atoms with Gasteiger partial charge in [-0.2, -0.15) is 0 Å². The molecule has 0 bridgehead atoms. The number of benzene rings is 1. The molecule has 0 atom stereocenters. The number of fused-ring (bicyclic) bond motifs is 1. The second-order valence-corrected chi connectivity index (χ2v) is 5.62. The summed E-state index contributed by atoms with van der Waals surface area (Å²) in [5.74, 6) is -0.272. The Morgan fingerprint density at radius 2 is 1.89 bits per heavy atom. The van der Waals surface area contributed by atoms with Crippen molar-refractivity contribution in [2.45, 2.75) is 33.3 Å². The molecule has 0 fully saturated rings. The lowest BCUT2D eigenvalue weighted by atomic mass is 10.1. The molecule has 3 nitrogen and oxygen atoms in total. The van der Waals surface area contributed by atoms with Gasteiger partial charge in [-0.05, 0) is 52.0 Å². The number of nitrogens with zero attached hydrogens (tertiary/aromatic N) is 1. The number of aromatic nitrogens is 1. The second-order valence-electron chi connectivity index (χ2n) is 5.62. The molecular formula is C15H19NO2. The van der Waals surface area contributed by atoms with E-state index in [1.807, 2.05) is 52.9 Å². The lowest BCUT2D eigenvalue weighted by molar-refractivity contribution is 0.00697. The zero-order chi connectivity index (χ0) is 13.5. The summed E-state index contributed by atoms with van der Waals surface area (Å²) in [6, 6.07) is 7.73. The summed E-state index contributed by atoms with van der Waals surface area (Å²) in [4.78, 5) is 12.0. The van der Waals surface area contributed by atoms with Gasteiger partial charge in [0, 0.05) is 23.6 Å². The van der Waals surface area contributed by atoms with Gasteiger partial charge in [-0.25, -0.2) is 4.79 Å². The van der Waals surface area contributed by atoms with E-state index in [-0.39, 0.29) is 5.97 Å². The Balaban J connectivity index is 2.39. The number of hydrogen-bond donors (Lipinski definition) is 0. The smallest absolute Gasteiger partial charge is 0.338 e. The summed E-state index contributed by atoms with van der Waals surface area (Å²) in [6.45, 7) is 7.66. The van der Waals surface area contributed by atoms with Crippen molar-refractivity contribution in [2.24, 2.45) is 7.05 Å². The summed E-state index contributed by atoms with van der Waals surface area (Å²) in [7, 11) is 2.02. The van der Waals surface area contributed by atoms with Crippen LogP contribution >= 0.6 is 0 Å². The summed E-state index contributed by atoms with van der Waals surface area (Å²) in [5.41, 5.74) is 2.44. The Hall–Kier alpha value is -1.77. The highest BCUT2D eigenvalue weighted by atomic mass is 16.6. The summed E-state index contributed by atoms with van der Waals surface area (Å²) < 4.78 is 7.47. The number of carbonyl (C=O) groups is 1. The molecule has 0 spiro atoms. The molecule has 0 saturated carbocycles. The van der Waals surface area contributed by atoms with Crippen molar-refractivity contribution < 1.29 is 9.53 Å². The average molecular weight is 245 g/mol. The molecule has 2 aromatic rings. The third kappa shape index (κ3) is 2.40. The van der Waals surface area contributed by atoms with Crippen molar-refractivity contribution in [1.29, 1.82) is 0 Å². The number of esters is 1. The van der Waals surface area contributed by atoms with E-state index in [9.17, 15) is 4.79 Å². The van der Waals surface area contributed by atoms with E-state index in [1.165, 1.54) is 5.69 Å². The molecule has 0 aliphatic rings. The zero-order valence-corrected chi connectivity index (χ0v) is 11.6. The maximum absolute atomic E-state index is 12.0. The Morgan fingerprint density at radius 3 is 2.50 bits per heavy atom. The van der Waals surface area contributed by atoms with E-state index in [2.05, 4.69) is 10.6 Å². The average Bonchev–Trinajstić information content (AvgIpc) is 2.52. The first kappa shape index (κ1) is 12.7. The third-order valence-electron chi connectivity index (χ3n) is 2.92. The number of carbonyl (C=O) groups excluding carboxylic acids is 1. The molecule has 1 aromatic heterocycles. The number of rotatable bonds is 1. The van der Waals surface area contributed by atoms with Crippen LogP contribution in [0.25, 0.3) is 10.9 Å². The lowest BCUT2D eigenvalue weighted by Crippen LogP contribution is -2.23. The minimum Gasteiger partial charge on any atom is -0.456 e. The van der Waals surface area contributed by atoms with Crippen molar-refractivity contribution in [3.63, 3.8) is 0 Å². The van der Waals surface area contributed by atoms with Crippen molar-refractivity contribution in [3.8, 4) is 0 Å². The van der Waals surface area contributed by atoms with E-state index in [0.29, 0.717) is 5.56 Å². The number of aryl methyl sites for hydroxylation is 2. The van der Waals surface area contributed by atoms with Crippen molar-refractivity contribution in [3.05, 3.63) is 35.5 Å². The molecule has 3 heteroatoms. The van der Waals surface area contributed by atoms with Crippen molar-refractivity contribution in [1.82, 2.24) is 4.57 Å². The van der Waals surface area contributed by atoms with Crippen LogP contribution in [0.3, 0.4) is 0 Å². The predicted molar refractivity (Wildman–Crippen MR) is 72.8 cm³/mol. The Bertz CT molecular complexity index is 603. The summed E-state index contributed by atoms with van der Waals surface area (Å²) in [5, 5.41) is 1.07. The lowest BCUT2D eigenvalue weighted by Gasteiger charge is -2.19. The molecular weight excluding hydrogens is 226 g/mol. The van der Waals surface area contributed by atoms with Crippen LogP contribution in [0.1, 0.15) is 36.8 Å². The molecule has 0 saturated heterocycles. The molecule has 0 N–H and O–H groups in total. The first-order valence-electron chi connectivity index (χ1n) is 6.07. The highest BCUT2D eigenvalue weighted by molar-refractivity contribution is 5.95. The first-order chi connectivity index (χ1) is 8.28. The summed E-state index contributed by atoms with van der Waals surface area (Å²) in [6.07, 6.45) is 0.